The van der Waals surface area contributed by atoms with E-state index in [0.29, 0.717) is 6.42 Å². The first kappa shape index (κ1) is 15.6. The van der Waals surface area contributed by atoms with Crippen molar-refractivity contribution in [2.45, 2.75) is 18.6 Å². The van der Waals surface area contributed by atoms with Gasteiger partial charge in [-0.1, -0.05) is 52.8 Å². The molecular weight excluding hydrogens is 356 g/mol. The van der Waals surface area contributed by atoms with Crippen LogP contribution in [-0.2, 0) is 0 Å². The Labute approximate surface area is 143 Å². The minimum atomic E-state index is -0.273. The van der Waals surface area contributed by atoms with Crippen molar-refractivity contribution in [3.8, 4) is 5.75 Å². The number of amides is 2. The highest BCUT2D eigenvalue weighted by Gasteiger charge is 2.30. The molecule has 0 radical (unpaired) electrons. The van der Waals surface area contributed by atoms with Crippen LogP contribution in [0.25, 0.3) is 0 Å². The van der Waals surface area contributed by atoms with E-state index in [0.717, 1.165) is 21.3 Å². The first-order valence-corrected chi connectivity index (χ1v) is 8.15. The number of urea groups is 1. The summed E-state index contributed by atoms with van der Waals surface area (Å²) in [7, 11) is 0. The lowest BCUT2D eigenvalue weighted by Crippen LogP contribution is -2.38. The van der Waals surface area contributed by atoms with E-state index in [4.69, 9.17) is 4.74 Å². The third-order valence-electron chi connectivity index (χ3n) is 3.78. The van der Waals surface area contributed by atoms with Gasteiger partial charge in [0.15, 0.2) is 0 Å². The maximum Gasteiger partial charge on any atom is 0.319 e. The predicted octanol–water partition coefficient (Wildman–Crippen LogP) is 4.46. The van der Waals surface area contributed by atoms with E-state index in [9.17, 15) is 4.79 Å². The molecule has 0 aromatic heterocycles. The molecule has 0 saturated carbocycles. The van der Waals surface area contributed by atoms with E-state index in [1.807, 2.05) is 48.5 Å². The van der Waals surface area contributed by atoms with Crippen LogP contribution < -0.4 is 15.4 Å². The number of hydrogen-bond acceptors (Lipinski definition) is 2. The molecule has 0 fully saturated rings. The second-order valence-corrected chi connectivity index (χ2v) is 6.23. The monoisotopic (exact) mass is 372 g/mol. The van der Waals surface area contributed by atoms with Crippen molar-refractivity contribution in [3.63, 3.8) is 0 Å². The molecule has 3 rings (SSSR count). The van der Waals surface area contributed by atoms with E-state index in [-0.39, 0.29) is 18.2 Å². The van der Waals surface area contributed by atoms with E-state index in [1.165, 1.54) is 6.20 Å². The quantitative estimate of drug-likeness (QED) is 0.835. The summed E-state index contributed by atoms with van der Waals surface area (Å²) in [5.41, 5.74) is 2.06. The second-order valence-electron chi connectivity index (χ2n) is 5.31. The molecule has 0 saturated heterocycles. The third kappa shape index (κ3) is 3.56. The zero-order chi connectivity index (χ0) is 16.2. The number of benzene rings is 2. The highest BCUT2D eigenvalue weighted by atomic mass is 79.9. The zero-order valence-corrected chi connectivity index (χ0v) is 14.0. The first-order valence-electron chi connectivity index (χ1n) is 7.36. The summed E-state index contributed by atoms with van der Waals surface area (Å²) in [6.45, 7) is 3.51. The molecule has 0 bridgehead atoms. The van der Waals surface area contributed by atoms with Crippen LogP contribution in [0.1, 0.15) is 29.7 Å². The fraction of sp³-hybridized carbons (Fsp3) is 0.167. The van der Waals surface area contributed by atoms with Crippen LogP contribution in [0.15, 0.2) is 65.8 Å². The van der Waals surface area contributed by atoms with Gasteiger partial charge >= 0.3 is 6.03 Å². The third-order valence-corrected chi connectivity index (χ3v) is 4.27. The van der Waals surface area contributed by atoms with Crippen LogP contribution in [0.5, 0.6) is 5.75 Å². The Morgan fingerprint density at radius 3 is 2.78 bits per heavy atom. The van der Waals surface area contributed by atoms with E-state index in [2.05, 4.69) is 33.1 Å². The normalized spacial score (nSPS) is 19.2. The van der Waals surface area contributed by atoms with Gasteiger partial charge in [0, 0.05) is 16.5 Å². The van der Waals surface area contributed by atoms with Gasteiger partial charge in [-0.2, -0.15) is 0 Å². The van der Waals surface area contributed by atoms with Crippen molar-refractivity contribution in [3.05, 3.63) is 76.9 Å². The van der Waals surface area contributed by atoms with E-state index < -0.39 is 0 Å². The summed E-state index contributed by atoms with van der Waals surface area (Å²) in [6, 6.07) is 15.5. The molecule has 4 nitrogen and oxygen atoms in total. The van der Waals surface area contributed by atoms with Gasteiger partial charge in [-0.15, -0.1) is 0 Å². The van der Waals surface area contributed by atoms with Crippen LogP contribution in [0.4, 0.5) is 4.79 Å². The molecule has 2 aromatic carbocycles. The SMILES string of the molecule is C=CNC(=O)NC1CC(c2ccccc2)Oc2ccc(Br)cc21. The highest BCUT2D eigenvalue weighted by molar-refractivity contribution is 9.10. The highest BCUT2D eigenvalue weighted by Crippen LogP contribution is 2.41. The molecular formula is C18H17BrN2O2. The summed E-state index contributed by atoms with van der Waals surface area (Å²) in [5.74, 6) is 0.789. The number of nitrogens with one attached hydrogen (secondary N) is 2. The largest absolute Gasteiger partial charge is 0.485 e. The molecule has 1 heterocycles. The van der Waals surface area contributed by atoms with E-state index >= 15 is 0 Å². The number of carbonyl (C=O) groups excluding carboxylic acids is 1. The fourth-order valence-corrected chi connectivity index (χ4v) is 3.12. The molecule has 2 aromatic rings. The van der Waals surface area contributed by atoms with Gasteiger partial charge in [-0.05, 0) is 30.0 Å². The van der Waals surface area contributed by atoms with Crippen molar-refractivity contribution in [2.24, 2.45) is 0 Å². The second kappa shape index (κ2) is 6.87. The molecule has 1 aliphatic heterocycles. The summed E-state index contributed by atoms with van der Waals surface area (Å²) in [4.78, 5) is 11.9. The van der Waals surface area contributed by atoms with Gasteiger partial charge in [-0.3, -0.25) is 0 Å². The Kier molecular flexibility index (Phi) is 4.67. The van der Waals surface area contributed by atoms with E-state index in [1.54, 1.807) is 0 Å². The van der Waals surface area contributed by atoms with Crippen LogP contribution >= 0.6 is 15.9 Å². The predicted molar refractivity (Wildman–Crippen MR) is 93.2 cm³/mol. The lowest BCUT2D eigenvalue weighted by molar-refractivity contribution is 0.152. The lowest BCUT2D eigenvalue weighted by Gasteiger charge is -2.33. The molecule has 23 heavy (non-hydrogen) atoms. The number of rotatable bonds is 3. The average Bonchev–Trinajstić information content (AvgIpc) is 2.56. The molecule has 2 N–H and O–H groups in total. The molecule has 0 spiro atoms. The molecule has 1 aliphatic rings. The average molecular weight is 373 g/mol. The summed E-state index contributed by atoms with van der Waals surface area (Å²) >= 11 is 3.47. The molecule has 2 atom stereocenters. The van der Waals surface area contributed by atoms with Crippen molar-refractivity contribution in [2.75, 3.05) is 0 Å². The van der Waals surface area contributed by atoms with Gasteiger partial charge in [0.1, 0.15) is 11.9 Å². The standard InChI is InChI=1S/C18H17BrN2O2/c1-2-20-18(22)21-15-11-17(12-6-4-3-5-7-12)23-16-9-8-13(19)10-14(15)16/h2-10,15,17H,1,11H2,(H2,20,21,22). The molecule has 0 aliphatic carbocycles. The number of halogens is 1. The molecule has 2 amide bonds. The minimum Gasteiger partial charge on any atom is -0.485 e. The summed E-state index contributed by atoms with van der Waals surface area (Å²) < 4.78 is 7.08. The van der Waals surface area contributed by atoms with Gasteiger partial charge in [0.25, 0.3) is 0 Å². The van der Waals surface area contributed by atoms with Gasteiger partial charge in [0.2, 0.25) is 0 Å². The summed E-state index contributed by atoms with van der Waals surface area (Å²) in [6.07, 6.45) is 1.93. The first-order chi connectivity index (χ1) is 11.2. The van der Waals surface area contributed by atoms with Crippen LogP contribution in [-0.4, -0.2) is 6.03 Å². The number of ether oxygens (including phenoxy) is 1. The minimum absolute atomic E-state index is 0.0982. The Bertz CT molecular complexity index is 718. The smallest absolute Gasteiger partial charge is 0.319 e. The van der Waals surface area contributed by atoms with Gasteiger partial charge in [0.05, 0.1) is 6.04 Å². The van der Waals surface area contributed by atoms with Crippen LogP contribution in [0, 0.1) is 0 Å². The summed E-state index contributed by atoms with van der Waals surface area (Å²) in [5, 5.41) is 5.53. The maximum atomic E-state index is 11.9. The van der Waals surface area contributed by atoms with Gasteiger partial charge < -0.3 is 15.4 Å². The fourth-order valence-electron chi connectivity index (χ4n) is 2.74. The number of hydrogen-bond donors (Lipinski definition) is 2. The topological polar surface area (TPSA) is 50.4 Å². The van der Waals surface area contributed by atoms with Crippen molar-refractivity contribution >= 4 is 22.0 Å². The number of carbonyl (C=O) groups is 1. The molecule has 2 unspecified atom stereocenters. The Morgan fingerprint density at radius 2 is 2.04 bits per heavy atom. The Balaban J connectivity index is 1.91. The van der Waals surface area contributed by atoms with Crippen molar-refractivity contribution in [1.29, 1.82) is 0 Å². The van der Waals surface area contributed by atoms with Crippen LogP contribution in [0.2, 0.25) is 0 Å². The molecule has 118 valence electrons. The zero-order valence-electron chi connectivity index (χ0n) is 12.5. The Hall–Kier alpha value is -2.27. The van der Waals surface area contributed by atoms with Crippen LogP contribution in [0.3, 0.4) is 0 Å². The van der Waals surface area contributed by atoms with Crippen molar-refractivity contribution < 1.29 is 9.53 Å². The van der Waals surface area contributed by atoms with Gasteiger partial charge in [-0.25, -0.2) is 4.79 Å². The van der Waals surface area contributed by atoms with Crippen molar-refractivity contribution in [1.82, 2.24) is 10.6 Å². The lowest BCUT2D eigenvalue weighted by atomic mass is 9.93. The Morgan fingerprint density at radius 1 is 1.26 bits per heavy atom. The number of fused-ring (bicyclic) bond motifs is 1. The molecule has 5 heteroatoms. The maximum absolute atomic E-state index is 11.9.